The van der Waals surface area contributed by atoms with E-state index in [2.05, 4.69) is 15.9 Å². The lowest BCUT2D eigenvalue weighted by Crippen LogP contribution is -2.39. The molecule has 0 amide bonds. The summed E-state index contributed by atoms with van der Waals surface area (Å²) in [6.45, 7) is 2.83. The van der Waals surface area contributed by atoms with E-state index in [1.54, 1.807) is 18.3 Å². The Hall–Kier alpha value is -3.36. The maximum atomic E-state index is 13.5. The standard InChI is InChI=1S/C21H22FN5O2/c1-3-28-14-27-20(15-9-11-16(22)12-10-15)19(24-25-27)18-13-23-21(26(18)2)29-17-7-5-4-6-8-17/h4-13,24-25H,3,14H2,1-2H3. The van der Waals surface area contributed by atoms with E-state index in [4.69, 9.17) is 9.47 Å². The van der Waals surface area contributed by atoms with Crippen molar-refractivity contribution in [2.75, 3.05) is 13.3 Å². The van der Waals surface area contributed by atoms with Crippen molar-refractivity contribution < 1.29 is 13.9 Å². The normalized spacial score (nSPS) is 13.7. The van der Waals surface area contributed by atoms with Crippen molar-refractivity contribution in [2.24, 2.45) is 7.05 Å². The van der Waals surface area contributed by atoms with Gasteiger partial charge in [0.15, 0.2) is 0 Å². The summed E-state index contributed by atoms with van der Waals surface area (Å²) in [5.41, 5.74) is 9.53. The minimum Gasteiger partial charge on any atom is -0.426 e. The highest BCUT2D eigenvalue weighted by molar-refractivity contribution is 5.89. The van der Waals surface area contributed by atoms with Crippen LogP contribution < -0.4 is 15.7 Å². The molecule has 4 rings (SSSR count). The Morgan fingerprint density at radius 3 is 2.55 bits per heavy atom. The van der Waals surface area contributed by atoms with E-state index in [0.717, 1.165) is 22.7 Å². The number of nitrogens with zero attached hydrogens (tertiary/aromatic N) is 3. The highest BCUT2D eigenvalue weighted by Crippen LogP contribution is 2.32. The van der Waals surface area contributed by atoms with Crippen molar-refractivity contribution in [1.82, 2.24) is 25.5 Å². The van der Waals surface area contributed by atoms with E-state index < -0.39 is 0 Å². The lowest BCUT2D eigenvalue weighted by atomic mass is 10.1. The van der Waals surface area contributed by atoms with Crippen LogP contribution in [0.2, 0.25) is 0 Å². The third-order valence-electron chi connectivity index (χ3n) is 4.52. The summed E-state index contributed by atoms with van der Waals surface area (Å²) in [5.74, 6) is 0.418. The molecule has 0 spiro atoms. The van der Waals surface area contributed by atoms with Gasteiger partial charge in [-0.05, 0) is 43.3 Å². The van der Waals surface area contributed by atoms with Crippen LogP contribution in [-0.2, 0) is 11.8 Å². The molecule has 8 heteroatoms. The number of aromatic nitrogens is 2. The summed E-state index contributed by atoms with van der Waals surface area (Å²) in [7, 11) is 1.88. The van der Waals surface area contributed by atoms with Gasteiger partial charge in [0.1, 0.15) is 24.0 Å². The van der Waals surface area contributed by atoms with Gasteiger partial charge in [-0.2, -0.15) is 0 Å². The number of rotatable bonds is 7. The van der Waals surface area contributed by atoms with Gasteiger partial charge in [-0.3, -0.25) is 15.0 Å². The SMILES string of the molecule is CCOCN1NNC(c2cnc(Oc3ccccc3)n2C)=C1c1ccc(F)cc1. The van der Waals surface area contributed by atoms with E-state index in [0.29, 0.717) is 25.1 Å². The maximum absolute atomic E-state index is 13.5. The summed E-state index contributed by atoms with van der Waals surface area (Å²) in [4.78, 5) is 4.41. The minimum atomic E-state index is -0.287. The quantitative estimate of drug-likeness (QED) is 0.639. The molecule has 0 atom stereocenters. The van der Waals surface area contributed by atoms with Crippen LogP contribution >= 0.6 is 0 Å². The molecular formula is C21H22FN5O2. The summed E-state index contributed by atoms with van der Waals surface area (Å²) in [6, 6.07) is 16.3. The molecule has 0 fully saturated rings. The van der Waals surface area contributed by atoms with E-state index in [9.17, 15) is 4.39 Å². The summed E-state index contributed by atoms with van der Waals surface area (Å²) in [5, 5.41) is 1.83. The number of nitrogens with one attached hydrogen (secondary N) is 2. The van der Waals surface area contributed by atoms with Gasteiger partial charge in [-0.15, -0.1) is 5.53 Å². The first-order valence-corrected chi connectivity index (χ1v) is 9.29. The first kappa shape index (κ1) is 19.0. The number of halogens is 1. The van der Waals surface area contributed by atoms with Crippen LogP contribution in [-0.4, -0.2) is 27.9 Å². The Kier molecular flexibility index (Phi) is 5.46. The molecule has 1 aliphatic rings. The molecule has 2 aromatic carbocycles. The molecule has 0 bridgehead atoms. The number of benzene rings is 2. The van der Waals surface area contributed by atoms with Crippen LogP contribution in [0.3, 0.4) is 0 Å². The Morgan fingerprint density at radius 1 is 1.07 bits per heavy atom. The number of para-hydroxylation sites is 1. The molecule has 0 saturated carbocycles. The predicted molar refractivity (Wildman–Crippen MR) is 108 cm³/mol. The van der Waals surface area contributed by atoms with Crippen LogP contribution in [0.4, 0.5) is 4.39 Å². The number of hydrogen-bond acceptors (Lipinski definition) is 6. The predicted octanol–water partition coefficient (Wildman–Crippen LogP) is 3.50. The second-order valence-electron chi connectivity index (χ2n) is 6.42. The van der Waals surface area contributed by atoms with Gasteiger partial charge in [-0.1, -0.05) is 18.2 Å². The Labute approximate surface area is 168 Å². The third kappa shape index (κ3) is 3.94. The van der Waals surface area contributed by atoms with Gasteiger partial charge in [0, 0.05) is 19.2 Å². The van der Waals surface area contributed by atoms with E-state index in [1.165, 1.54) is 12.1 Å². The molecule has 0 saturated heterocycles. The molecule has 0 unspecified atom stereocenters. The molecule has 1 aliphatic heterocycles. The molecule has 2 heterocycles. The van der Waals surface area contributed by atoms with Crippen molar-refractivity contribution in [3.8, 4) is 11.8 Å². The summed E-state index contributed by atoms with van der Waals surface area (Å²) in [6.07, 6.45) is 1.73. The number of imidazole rings is 1. The Bertz CT molecular complexity index is 1000. The highest BCUT2D eigenvalue weighted by atomic mass is 19.1. The first-order chi connectivity index (χ1) is 14.2. The van der Waals surface area contributed by atoms with Gasteiger partial charge in [0.25, 0.3) is 0 Å². The summed E-state index contributed by atoms with van der Waals surface area (Å²) >= 11 is 0. The summed E-state index contributed by atoms with van der Waals surface area (Å²) < 4.78 is 26.8. The molecule has 3 aromatic rings. The van der Waals surface area contributed by atoms with Crippen molar-refractivity contribution in [3.63, 3.8) is 0 Å². The second-order valence-corrected chi connectivity index (χ2v) is 6.42. The fourth-order valence-corrected chi connectivity index (χ4v) is 3.06. The fraction of sp³-hybridized carbons (Fsp3) is 0.190. The smallest absolute Gasteiger partial charge is 0.302 e. The Balaban J connectivity index is 1.72. The monoisotopic (exact) mass is 395 g/mol. The van der Waals surface area contributed by atoms with Crippen molar-refractivity contribution in [1.29, 1.82) is 0 Å². The van der Waals surface area contributed by atoms with Crippen LogP contribution in [0, 0.1) is 5.82 Å². The van der Waals surface area contributed by atoms with Gasteiger partial charge in [-0.25, -0.2) is 9.37 Å². The van der Waals surface area contributed by atoms with E-state index >= 15 is 0 Å². The lowest BCUT2D eigenvalue weighted by Gasteiger charge is -2.20. The molecule has 29 heavy (non-hydrogen) atoms. The van der Waals surface area contributed by atoms with Crippen LogP contribution in [0.5, 0.6) is 11.8 Å². The third-order valence-corrected chi connectivity index (χ3v) is 4.52. The van der Waals surface area contributed by atoms with Gasteiger partial charge >= 0.3 is 6.01 Å². The van der Waals surface area contributed by atoms with Crippen LogP contribution in [0.1, 0.15) is 18.2 Å². The molecule has 0 aliphatic carbocycles. The maximum Gasteiger partial charge on any atom is 0.302 e. The molecule has 2 N–H and O–H groups in total. The van der Waals surface area contributed by atoms with Gasteiger partial charge in [0.05, 0.1) is 17.6 Å². The average Bonchev–Trinajstić information content (AvgIpc) is 3.31. The highest BCUT2D eigenvalue weighted by Gasteiger charge is 2.27. The zero-order chi connectivity index (χ0) is 20.2. The van der Waals surface area contributed by atoms with Crippen LogP contribution in [0.25, 0.3) is 11.4 Å². The number of hydrogen-bond donors (Lipinski definition) is 2. The van der Waals surface area contributed by atoms with Crippen molar-refractivity contribution in [2.45, 2.75) is 6.92 Å². The van der Waals surface area contributed by atoms with E-state index in [1.807, 2.05) is 53.9 Å². The number of hydrazine groups is 2. The fourth-order valence-electron chi connectivity index (χ4n) is 3.06. The Morgan fingerprint density at radius 2 is 1.83 bits per heavy atom. The first-order valence-electron chi connectivity index (χ1n) is 9.29. The zero-order valence-electron chi connectivity index (χ0n) is 16.2. The topological polar surface area (TPSA) is 63.6 Å². The second kappa shape index (κ2) is 8.34. The van der Waals surface area contributed by atoms with Gasteiger partial charge in [0.2, 0.25) is 0 Å². The van der Waals surface area contributed by atoms with Crippen molar-refractivity contribution in [3.05, 3.63) is 77.9 Å². The lowest BCUT2D eigenvalue weighted by molar-refractivity contribution is 0.0433. The number of ether oxygens (including phenoxy) is 2. The molecular weight excluding hydrogens is 373 g/mol. The van der Waals surface area contributed by atoms with Crippen LogP contribution in [0.15, 0.2) is 60.8 Å². The molecule has 7 nitrogen and oxygen atoms in total. The molecule has 1 aromatic heterocycles. The largest absolute Gasteiger partial charge is 0.426 e. The van der Waals surface area contributed by atoms with Gasteiger partial charge < -0.3 is 9.47 Å². The minimum absolute atomic E-state index is 0.287. The molecule has 150 valence electrons. The van der Waals surface area contributed by atoms with E-state index in [-0.39, 0.29) is 5.82 Å². The zero-order valence-corrected chi connectivity index (χ0v) is 16.2. The molecule has 0 radical (unpaired) electrons. The average molecular weight is 395 g/mol. The van der Waals surface area contributed by atoms with Crippen molar-refractivity contribution >= 4 is 11.4 Å².